The van der Waals surface area contributed by atoms with Gasteiger partial charge in [0.1, 0.15) is 12.2 Å². The first-order valence-electron chi connectivity index (χ1n) is 9.85. The summed E-state index contributed by atoms with van der Waals surface area (Å²) in [4.78, 5) is 28.0. The number of amides is 1. The van der Waals surface area contributed by atoms with Gasteiger partial charge in [0.15, 0.2) is 5.75 Å². The maximum absolute atomic E-state index is 12.9. The highest BCUT2D eigenvalue weighted by molar-refractivity contribution is 6.00. The van der Waals surface area contributed by atoms with E-state index in [-0.39, 0.29) is 29.4 Å². The van der Waals surface area contributed by atoms with Crippen LogP contribution in [0.25, 0.3) is 0 Å². The van der Waals surface area contributed by atoms with Crippen molar-refractivity contribution in [2.45, 2.75) is 13.2 Å². The molecule has 0 unspecified atom stereocenters. The lowest BCUT2D eigenvalue weighted by molar-refractivity contribution is -0.386. The number of hydrogen-bond acceptors (Lipinski definition) is 8. The smallest absolute Gasteiger partial charge is 0.327 e. The number of hydrogen-bond donors (Lipinski definition) is 1. The van der Waals surface area contributed by atoms with Crippen molar-refractivity contribution >= 4 is 11.6 Å². The van der Waals surface area contributed by atoms with E-state index >= 15 is 0 Å². The van der Waals surface area contributed by atoms with Gasteiger partial charge in [0, 0.05) is 24.9 Å². The van der Waals surface area contributed by atoms with E-state index in [9.17, 15) is 14.9 Å². The molecule has 3 rings (SSSR count). The maximum Gasteiger partial charge on any atom is 0.327 e. The fourth-order valence-corrected chi connectivity index (χ4v) is 3.14. The third-order valence-electron chi connectivity index (χ3n) is 4.71. The molecule has 0 fully saturated rings. The van der Waals surface area contributed by atoms with Crippen LogP contribution < -0.4 is 24.3 Å². The van der Waals surface area contributed by atoms with Gasteiger partial charge in [0.05, 0.1) is 26.3 Å². The van der Waals surface area contributed by atoms with Crippen molar-refractivity contribution in [1.82, 2.24) is 10.3 Å². The number of nitrogens with one attached hydrogen (secondary N) is 1. The van der Waals surface area contributed by atoms with Gasteiger partial charge in [-0.25, -0.2) is 4.98 Å². The molecule has 0 aliphatic carbocycles. The summed E-state index contributed by atoms with van der Waals surface area (Å²) >= 11 is 0. The average molecular weight is 453 g/mol. The monoisotopic (exact) mass is 453 g/mol. The minimum Gasteiger partial charge on any atom is -0.493 e. The molecule has 0 radical (unpaired) electrons. The second-order valence-corrected chi connectivity index (χ2v) is 6.76. The molecule has 172 valence electrons. The number of aromatic nitrogens is 1. The van der Waals surface area contributed by atoms with E-state index in [1.165, 1.54) is 27.4 Å². The first-order chi connectivity index (χ1) is 16.0. The van der Waals surface area contributed by atoms with Crippen LogP contribution >= 0.6 is 0 Å². The quantitative estimate of drug-likeness (QED) is 0.365. The third-order valence-corrected chi connectivity index (χ3v) is 4.71. The Balaban J connectivity index is 1.77. The lowest BCUT2D eigenvalue weighted by atomic mass is 10.1. The Labute approximate surface area is 190 Å². The SMILES string of the molecule is COc1cc(C(=O)NCc2ccnc(OCc3ccccc3)c2)c([N+](=O)[O-])c(OC)c1OC. The first kappa shape index (κ1) is 23.3. The lowest BCUT2D eigenvalue weighted by Gasteiger charge is -2.15. The van der Waals surface area contributed by atoms with Gasteiger partial charge in [0.2, 0.25) is 17.4 Å². The largest absolute Gasteiger partial charge is 0.493 e. The Hall–Kier alpha value is -4.34. The first-order valence-corrected chi connectivity index (χ1v) is 9.85. The van der Waals surface area contributed by atoms with Crippen LogP contribution in [0, 0.1) is 10.1 Å². The average Bonchev–Trinajstić information content (AvgIpc) is 2.85. The Kier molecular flexibility index (Phi) is 7.64. The number of nitrogens with zero attached hydrogens (tertiary/aromatic N) is 2. The summed E-state index contributed by atoms with van der Waals surface area (Å²) in [5.74, 6) is -0.329. The van der Waals surface area contributed by atoms with E-state index in [2.05, 4.69) is 10.3 Å². The van der Waals surface area contributed by atoms with E-state index in [4.69, 9.17) is 18.9 Å². The maximum atomic E-state index is 12.9. The van der Waals surface area contributed by atoms with Crippen LogP contribution in [0.2, 0.25) is 0 Å². The fourth-order valence-electron chi connectivity index (χ4n) is 3.14. The number of carbonyl (C=O) groups excluding carboxylic acids is 1. The molecule has 3 aromatic rings. The standard InChI is InChI=1S/C23H23N3O7/c1-30-18-12-17(20(26(28)29)22(32-3)21(18)31-2)23(27)25-13-16-9-10-24-19(11-16)33-14-15-7-5-4-6-8-15/h4-12H,13-14H2,1-3H3,(H,25,27). The van der Waals surface area contributed by atoms with Gasteiger partial charge >= 0.3 is 5.69 Å². The zero-order chi connectivity index (χ0) is 23.8. The molecular formula is C23H23N3O7. The molecule has 0 saturated carbocycles. The molecule has 2 aromatic carbocycles. The van der Waals surface area contributed by atoms with Crippen molar-refractivity contribution < 1.29 is 28.7 Å². The van der Waals surface area contributed by atoms with Crippen molar-refractivity contribution in [1.29, 1.82) is 0 Å². The molecule has 1 N–H and O–H groups in total. The normalized spacial score (nSPS) is 10.3. The van der Waals surface area contributed by atoms with E-state index in [1.54, 1.807) is 18.3 Å². The second kappa shape index (κ2) is 10.8. The zero-order valence-corrected chi connectivity index (χ0v) is 18.4. The molecule has 0 spiro atoms. The van der Waals surface area contributed by atoms with Crippen molar-refractivity contribution in [2.24, 2.45) is 0 Å². The minimum absolute atomic E-state index is 0.0255. The van der Waals surface area contributed by atoms with Gasteiger partial charge in [-0.3, -0.25) is 14.9 Å². The highest BCUT2D eigenvalue weighted by atomic mass is 16.6. The van der Waals surface area contributed by atoms with Gasteiger partial charge in [-0.05, 0) is 17.2 Å². The molecule has 33 heavy (non-hydrogen) atoms. The van der Waals surface area contributed by atoms with E-state index in [1.807, 2.05) is 30.3 Å². The van der Waals surface area contributed by atoms with Crippen molar-refractivity contribution in [3.05, 3.63) is 81.5 Å². The highest BCUT2D eigenvalue weighted by Crippen LogP contribution is 2.46. The molecule has 0 saturated heterocycles. The van der Waals surface area contributed by atoms with Gasteiger partial charge in [-0.1, -0.05) is 30.3 Å². The summed E-state index contributed by atoms with van der Waals surface area (Å²) in [6, 6.07) is 14.3. The van der Waals surface area contributed by atoms with E-state index < -0.39 is 16.5 Å². The Morgan fingerprint density at radius 1 is 1.00 bits per heavy atom. The van der Waals surface area contributed by atoms with Crippen LogP contribution in [0.1, 0.15) is 21.5 Å². The summed E-state index contributed by atoms with van der Waals surface area (Å²) < 4.78 is 21.2. The van der Waals surface area contributed by atoms with Crippen LogP contribution in [0.15, 0.2) is 54.7 Å². The zero-order valence-electron chi connectivity index (χ0n) is 18.4. The summed E-state index contributed by atoms with van der Waals surface area (Å²) in [5, 5.41) is 14.4. The summed E-state index contributed by atoms with van der Waals surface area (Å²) in [5.41, 5.74) is 0.961. The molecule has 0 aliphatic heterocycles. The summed E-state index contributed by atoms with van der Waals surface area (Å²) in [6.45, 7) is 0.443. The molecular weight excluding hydrogens is 430 g/mol. The van der Waals surface area contributed by atoms with Crippen LogP contribution in [-0.4, -0.2) is 37.1 Å². The summed E-state index contributed by atoms with van der Waals surface area (Å²) in [7, 11) is 3.93. The predicted molar refractivity (Wildman–Crippen MR) is 119 cm³/mol. The van der Waals surface area contributed by atoms with Crippen LogP contribution in [0.5, 0.6) is 23.1 Å². The predicted octanol–water partition coefficient (Wildman–Crippen LogP) is 3.52. The van der Waals surface area contributed by atoms with Gasteiger partial charge < -0.3 is 24.3 Å². The van der Waals surface area contributed by atoms with Crippen molar-refractivity contribution in [3.8, 4) is 23.1 Å². The highest BCUT2D eigenvalue weighted by Gasteiger charge is 2.32. The van der Waals surface area contributed by atoms with E-state index in [0.29, 0.717) is 18.1 Å². The summed E-state index contributed by atoms with van der Waals surface area (Å²) in [6.07, 6.45) is 1.56. The number of nitro benzene ring substituents is 1. The molecule has 10 heteroatoms. The number of nitro groups is 1. The Bertz CT molecular complexity index is 1140. The minimum atomic E-state index is -0.697. The number of benzene rings is 2. The number of ether oxygens (including phenoxy) is 4. The molecule has 0 bridgehead atoms. The topological polar surface area (TPSA) is 122 Å². The van der Waals surface area contributed by atoms with E-state index in [0.717, 1.165) is 5.56 Å². The Morgan fingerprint density at radius 2 is 1.73 bits per heavy atom. The van der Waals surface area contributed by atoms with Gasteiger partial charge in [-0.15, -0.1) is 0 Å². The molecule has 1 amide bonds. The lowest BCUT2D eigenvalue weighted by Crippen LogP contribution is -2.24. The Morgan fingerprint density at radius 3 is 2.36 bits per heavy atom. The molecule has 1 heterocycles. The van der Waals surface area contributed by atoms with Gasteiger partial charge in [-0.2, -0.15) is 0 Å². The second-order valence-electron chi connectivity index (χ2n) is 6.76. The van der Waals surface area contributed by atoms with Crippen LogP contribution in [-0.2, 0) is 13.2 Å². The van der Waals surface area contributed by atoms with Crippen molar-refractivity contribution in [2.75, 3.05) is 21.3 Å². The molecule has 0 atom stereocenters. The van der Waals surface area contributed by atoms with Crippen LogP contribution in [0.4, 0.5) is 5.69 Å². The molecule has 10 nitrogen and oxygen atoms in total. The number of pyridine rings is 1. The molecule has 1 aromatic heterocycles. The van der Waals surface area contributed by atoms with Crippen LogP contribution in [0.3, 0.4) is 0 Å². The van der Waals surface area contributed by atoms with Gasteiger partial charge in [0.25, 0.3) is 5.91 Å². The number of carbonyl (C=O) groups is 1. The fraction of sp³-hybridized carbons (Fsp3) is 0.217. The molecule has 0 aliphatic rings. The third kappa shape index (κ3) is 5.48. The number of methoxy groups -OCH3 is 3. The van der Waals surface area contributed by atoms with Crippen molar-refractivity contribution in [3.63, 3.8) is 0 Å². The number of rotatable bonds is 10.